The lowest BCUT2D eigenvalue weighted by Crippen LogP contribution is -2.24. The molecule has 0 saturated heterocycles. The van der Waals surface area contributed by atoms with Gasteiger partial charge in [0.05, 0.1) is 17.2 Å². The SMILES string of the molecule is Cc1ccc(S(=O)(=O)NN=C2CCOc3c2ccc(F)c3F)cc1. The molecule has 0 unspecified atom stereocenters. The van der Waals surface area contributed by atoms with E-state index in [4.69, 9.17) is 4.74 Å². The standard InChI is InChI=1S/C16H14F2N2O3S/c1-10-2-4-11(5-3-10)24(21,22)20-19-14-8-9-23-16-12(14)6-7-13(17)15(16)18/h2-7,20H,8-9H2,1H3. The molecular formula is C16H14F2N2O3S. The monoisotopic (exact) mass is 352 g/mol. The van der Waals surface area contributed by atoms with Crippen LogP contribution in [-0.4, -0.2) is 20.7 Å². The fraction of sp³-hybridized carbons (Fsp3) is 0.188. The zero-order valence-corrected chi connectivity index (χ0v) is 13.5. The van der Waals surface area contributed by atoms with Crippen LogP contribution < -0.4 is 9.57 Å². The van der Waals surface area contributed by atoms with Gasteiger partial charge in [-0.3, -0.25) is 0 Å². The van der Waals surface area contributed by atoms with Gasteiger partial charge in [-0.1, -0.05) is 17.7 Å². The van der Waals surface area contributed by atoms with Gasteiger partial charge in [0.1, 0.15) is 0 Å². The lowest BCUT2D eigenvalue weighted by molar-refractivity contribution is 0.296. The molecule has 0 bridgehead atoms. The van der Waals surface area contributed by atoms with Gasteiger partial charge in [-0.15, -0.1) is 0 Å². The molecular weight excluding hydrogens is 338 g/mol. The summed E-state index contributed by atoms with van der Waals surface area (Å²) in [5.74, 6) is -2.40. The Morgan fingerprint density at radius 3 is 2.54 bits per heavy atom. The summed E-state index contributed by atoms with van der Waals surface area (Å²) in [5.41, 5.74) is 1.44. The number of ether oxygens (including phenoxy) is 1. The Bertz CT molecular complexity index is 910. The first-order chi connectivity index (χ1) is 11.4. The van der Waals surface area contributed by atoms with Crippen LogP contribution in [-0.2, 0) is 10.0 Å². The highest BCUT2D eigenvalue weighted by molar-refractivity contribution is 7.89. The zero-order chi connectivity index (χ0) is 17.3. The minimum absolute atomic E-state index is 0.0648. The van der Waals surface area contributed by atoms with Crippen molar-refractivity contribution in [1.29, 1.82) is 0 Å². The topological polar surface area (TPSA) is 67.8 Å². The largest absolute Gasteiger partial charge is 0.489 e. The summed E-state index contributed by atoms with van der Waals surface area (Å²) in [6, 6.07) is 8.53. The number of hydrogen-bond donors (Lipinski definition) is 1. The molecule has 2 aromatic rings. The van der Waals surface area contributed by atoms with Gasteiger partial charge in [-0.05, 0) is 31.2 Å². The molecule has 0 amide bonds. The number of aryl methyl sites for hydroxylation is 1. The molecule has 1 N–H and O–H groups in total. The van der Waals surface area contributed by atoms with Gasteiger partial charge < -0.3 is 4.74 Å². The van der Waals surface area contributed by atoms with Crippen LogP contribution in [0, 0.1) is 18.6 Å². The second kappa shape index (κ2) is 6.20. The highest BCUT2D eigenvalue weighted by Gasteiger charge is 2.23. The molecule has 5 nitrogen and oxygen atoms in total. The Morgan fingerprint density at radius 1 is 1.12 bits per heavy atom. The molecule has 0 aliphatic carbocycles. The molecule has 1 heterocycles. The number of nitrogens with one attached hydrogen (secondary N) is 1. The van der Waals surface area contributed by atoms with Crippen LogP contribution in [0.5, 0.6) is 5.75 Å². The van der Waals surface area contributed by atoms with Crippen molar-refractivity contribution in [3.63, 3.8) is 0 Å². The minimum atomic E-state index is -3.84. The molecule has 3 rings (SSSR count). The van der Waals surface area contributed by atoms with E-state index in [9.17, 15) is 17.2 Å². The highest BCUT2D eigenvalue weighted by Crippen LogP contribution is 2.29. The second-order valence-electron chi connectivity index (χ2n) is 5.30. The molecule has 0 aromatic heterocycles. The van der Waals surface area contributed by atoms with Crippen molar-refractivity contribution >= 4 is 15.7 Å². The van der Waals surface area contributed by atoms with Crippen LogP contribution in [0.3, 0.4) is 0 Å². The van der Waals surface area contributed by atoms with Crippen LogP contribution in [0.2, 0.25) is 0 Å². The predicted molar refractivity (Wildman–Crippen MR) is 84.5 cm³/mol. The number of benzene rings is 2. The van der Waals surface area contributed by atoms with Crippen molar-refractivity contribution in [3.8, 4) is 5.75 Å². The first-order valence-electron chi connectivity index (χ1n) is 7.15. The quantitative estimate of drug-likeness (QED) is 0.864. The maximum absolute atomic E-state index is 13.7. The number of nitrogens with zero attached hydrogens (tertiary/aromatic N) is 1. The number of rotatable bonds is 3. The molecule has 126 valence electrons. The third kappa shape index (κ3) is 3.09. The van der Waals surface area contributed by atoms with Crippen molar-refractivity contribution in [2.75, 3.05) is 6.61 Å². The number of halogens is 2. The maximum Gasteiger partial charge on any atom is 0.276 e. The normalized spacial score (nSPS) is 15.7. The van der Waals surface area contributed by atoms with E-state index in [1.54, 1.807) is 12.1 Å². The first kappa shape index (κ1) is 16.4. The van der Waals surface area contributed by atoms with E-state index in [1.807, 2.05) is 6.92 Å². The summed E-state index contributed by atoms with van der Waals surface area (Å²) in [7, 11) is -3.84. The fourth-order valence-corrected chi connectivity index (χ4v) is 3.12. The number of hydrogen-bond acceptors (Lipinski definition) is 4. The van der Waals surface area contributed by atoms with Crippen LogP contribution in [0.15, 0.2) is 46.4 Å². The van der Waals surface area contributed by atoms with E-state index in [0.717, 1.165) is 11.6 Å². The van der Waals surface area contributed by atoms with Gasteiger partial charge in [0.15, 0.2) is 11.6 Å². The molecule has 0 atom stereocenters. The Hall–Kier alpha value is -2.48. The average molecular weight is 352 g/mol. The first-order valence-corrected chi connectivity index (χ1v) is 8.63. The Labute approximate surface area is 138 Å². The van der Waals surface area contributed by atoms with E-state index >= 15 is 0 Å². The molecule has 8 heteroatoms. The lowest BCUT2D eigenvalue weighted by Gasteiger charge is -2.19. The van der Waals surface area contributed by atoms with E-state index in [2.05, 4.69) is 9.93 Å². The van der Waals surface area contributed by atoms with E-state index in [-0.39, 0.29) is 34.9 Å². The van der Waals surface area contributed by atoms with E-state index in [1.165, 1.54) is 18.2 Å². The maximum atomic E-state index is 13.7. The van der Waals surface area contributed by atoms with Gasteiger partial charge >= 0.3 is 0 Å². The molecule has 0 fully saturated rings. The van der Waals surface area contributed by atoms with Gasteiger partial charge in [0, 0.05) is 12.0 Å². The third-order valence-corrected chi connectivity index (χ3v) is 4.80. The number of hydrazone groups is 1. The summed E-state index contributed by atoms with van der Waals surface area (Å²) in [4.78, 5) is 2.19. The van der Waals surface area contributed by atoms with Crippen LogP contribution in [0.4, 0.5) is 8.78 Å². The minimum Gasteiger partial charge on any atom is -0.489 e. The van der Waals surface area contributed by atoms with Crippen molar-refractivity contribution in [2.45, 2.75) is 18.2 Å². The Balaban J connectivity index is 1.91. The molecule has 0 spiro atoms. The van der Waals surface area contributed by atoms with Crippen molar-refractivity contribution < 1.29 is 21.9 Å². The highest BCUT2D eigenvalue weighted by atomic mass is 32.2. The second-order valence-corrected chi connectivity index (χ2v) is 6.96. The van der Waals surface area contributed by atoms with E-state index < -0.39 is 21.7 Å². The van der Waals surface area contributed by atoms with Crippen LogP contribution in [0.25, 0.3) is 0 Å². The predicted octanol–water partition coefficient (Wildman–Crippen LogP) is 2.74. The van der Waals surface area contributed by atoms with Crippen molar-refractivity contribution in [2.24, 2.45) is 5.10 Å². The number of fused-ring (bicyclic) bond motifs is 1. The van der Waals surface area contributed by atoms with Gasteiger partial charge in [-0.2, -0.15) is 22.7 Å². The third-order valence-electron chi connectivity index (χ3n) is 3.58. The molecule has 1 aliphatic heterocycles. The molecule has 1 aliphatic rings. The van der Waals surface area contributed by atoms with Crippen LogP contribution in [0.1, 0.15) is 17.5 Å². The Kier molecular flexibility index (Phi) is 4.23. The van der Waals surface area contributed by atoms with E-state index in [0.29, 0.717) is 0 Å². The van der Waals surface area contributed by atoms with Gasteiger partial charge in [-0.25, -0.2) is 4.39 Å². The molecule has 0 radical (unpaired) electrons. The molecule has 24 heavy (non-hydrogen) atoms. The summed E-state index contributed by atoms with van der Waals surface area (Å²) in [6.07, 6.45) is 0.272. The van der Waals surface area contributed by atoms with Gasteiger partial charge in [0.25, 0.3) is 10.0 Å². The fourth-order valence-electron chi connectivity index (χ4n) is 2.29. The molecule has 0 saturated carbocycles. The lowest BCUT2D eigenvalue weighted by atomic mass is 10.0. The summed E-state index contributed by atoms with van der Waals surface area (Å²) in [6.45, 7) is 1.93. The smallest absolute Gasteiger partial charge is 0.276 e. The van der Waals surface area contributed by atoms with Crippen molar-refractivity contribution in [3.05, 3.63) is 59.2 Å². The number of sulfonamides is 1. The summed E-state index contributed by atoms with van der Waals surface area (Å²) >= 11 is 0. The van der Waals surface area contributed by atoms with Gasteiger partial charge in [0.2, 0.25) is 5.82 Å². The van der Waals surface area contributed by atoms with Crippen molar-refractivity contribution in [1.82, 2.24) is 4.83 Å². The summed E-state index contributed by atoms with van der Waals surface area (Å²) < 4.78 is 56.6. The average Bonchev–Trinajstić information content (AvgIpc) is 2.57. The van der Waals surface area contributed by atoms with Crippen LogP contribution >= 0.6 is 0 Å². The Morgan fingerprint density at radius 2 is 1.83 bits per heavy atom. The summed E-state index contributed by atoms with van der Waals surface area (Å²) in [5, 5.41) is 3.88. The molecule has 2 aromatic carbocycles. The zero-order valence-electron chi connectivity index (χ0n) is 12.7.